The number of carbonyl (C=O) groups is 1. The van der Waals surface area contributed by atoms with E-state index in [4.69, 9.17) is 11.6 Å². The zero-order chi connectivity index (χ0) is 13.9. The summed E-state index contributed by atoms with van der Waals surface area (Å²) in [5.74, 6) is 0.571. The van der Waals surface area contributed by atoms with Gasteiger partial charge < -0.3 is 5.32 Å². The van der Waals surface area contributed by atoms with Gasteiger partial charge in [0.25, 0.3) is 0 Å². The maximum Gasteiger partial charge on any atom is 0.220 e. The highest BCUT2D eigenvalue weighted by atomic mass is 35.5. The third-order valence-electron chi connectivity index (χ3n) is 4.71. The Morgan fingerprint density at radius 3 is 2.80 bits per heavy atom. The van der Waals surface area contributed by atoms with E-state index >= 15 is 0 Å². The highest BCUT2D eigenvalue weighted by molar-refractivity contribution is 6.30. The van der Waals surface area contributed by atoms with Crippen LogP contribution in [0.1, 0.15) is 62.0 Å². The van der Waals surface area contributed by atoms with E-state index in [0.717, 1.165) is 30.7 Å². The minimum absolute atomic E-state index is 0.217. The predicted octanol–water partition coefficient (Wildman–Crippen LogP) is 4.21. The Morgan fingerprint density at radius 2 is 2.00 bits per heavy atom. The monoisotopic (exact) mass is 291 g/mol. The molecule has 1 saturated carbocycles. The van der Waals surface area contributed by atoms with E-state index in [1.165, 1.54) is 30.4 Å². The molecule has 1 amide bonds. The highest BCUT2D eigenvalue weighted by Gasteiger charge is 2.26. The molecule has 1 atom stereocenters. The smallest absolute Gasteiger partial charge is 0.220 e. The van der Waals surface area contributed by atoms with Gasteiger partial charge in [-0.25, -0.2) is 0 Å². The summed E-state index contributed by atoms with van der Waals surface area (Å²) < 4.78 is 0. The van der Waals surface area contributed by atoms with E-state index in [1.54, 1.807) is 0 Å². The summed E-state index contributed by atoms with van der Waals surface area (Å²) in [6, 6.07) is 6.51. The molecule has 0 radical (unpaired) electrons. The third kappa shape index (κ3) is 3.17. The first kappa shape index (κ1) is 13.9. The number of amides is 1. The SMILES string of the molecule is O=C(CC1CCc2ccc(Cl)cc21)NC1CCCCC1. The molecule has 3 heteroatoms. The number of rotatable bonds is 3. The van der Waals surface area contributed by atoms with E-state index in [-0.39, 0.29) is 5.91 Å². The standard InChI is InChI=1S/C17H22ClNO/c18-14-9-8-12-6-7-13(16(12)11-14)10-17(20)19-15-4-2-1-3-5-15/h8-9,11,13,15H,1-7,10H2,(H,19,20). The van der Waals surface area contributed by atoms with Crippen LogP contribution in [0.4, 0.5) is 0 Å². The van der Waals surface area contributed by atoms with Crippen molar-refractivity contribution in [2.75, 3.05) is 0 Å². The Hall–Kier alpha value is -1.02. The molecule has 0 bridgehead atoms. The molecule has 1 N–H and O–H groups in total. The van der Waals surface area contributed by atoms with Gasteiger partial charge in [-0.1, -0.05) is 36.9 Å². The number of hydrogen-bond donors (Lipinski definition) is 1. The second-order valence-electron chi connectivity index (χ2n) is 6.19. The van der Waals surface area contributed by atoms with Crippen molar-refractivity contribution in [1.82, 2.24) is 5.32 Å². The van der Waals surface area contributed by atoms with Crippen molar-refractivity contribution in [3.8, 4) is 0 Å². The lowest BCUT2D eigenvalue weighted by atomic mass is 9.94. The molecule has 0 heterocycles. The van der Waals surface area contributed by atoms with Gasteiger partial charge in [0.1, 0.15) is 0 Å². The number of benzene rings is 1. The first-order chi connectivity index (χ1) is 9.72. The minimum atomic E-state index is 0.217. The van der Waals surface area contributed by atoms with Gasteiger partial charge in [-0.15, -0.1) is 0 Å². The Balaban J connectivity index is 1.59. The lowest BCUT2D eigenvalue weighted by molar-refractivity contribution is -0.122. The molecule has 2 aliphatic rings. The molecule has 1 aromatic rings. The zero-order valence-corrected chi connectivity index (χ0v) is 12.6. The van der Waals surface area contributed by atoms with Crippen molar-refractivity contribution in [1.29, 1.82) is 0 Å². The molecular formula is C17H22ClNO. The molecule has 0 aliphatic heterocycles. The number of nitrogens with one attached hydrogen (secondary N) is 1. The largest absolute Gasteiger partial charge is 0.353 e. The maximum absolute atomic E-state index is 12.2. The Morgan fingerprint density at radius 1 is 1.20 bits per heavy atom. The normalized spacial score (nSPS) is 22.6. The van der Waals surface area contributed by atoms with E-state index in [1.807, 2.05) is 12.1 Å². The second kappa shape index (κ2) is 6.17. The summed E-state index contributed by atoms with van der Waals surface area (Å²) >= 11 is 6.08. The van der Waals surface area contributed by atoms with Crippen molar-refractivity contribution >= 4 is 17.5 Å². The fourth-order valence-corrected chi connectivity index (χ4v) is 3.81. The third-order valence-corrected chi connectivity index (χ3v) is 4.95. The van der Waals surface area contributed by atoms with Gasteiger partial charge in [0, 0.05) is 17.5 Å². The van der Waals surface area contributed by atoms with Crippen LogP contribution in [0, 0.1) is 0 Å². The summed E-state index contributed by atoms with van der Waals surface area (Å²) in [7, 11) is 0. The van der Waals surface area contributed by atoms with Crippen LogP contribution in [0.2, 0.25) is 5.02 Å². The van der Waals surface area contributed by atoms with Gasteiger partial charge >= 0.3 is 0 Å². The number of halogens is 1. The molecule has 0 saturated heterocycles. The summed E-state index contributed by atoms with van der Waals surface area (Å²) in [4.78, 5) is 12.2. The van der Waals surface area contributed by atoms with E-state index in [0.29, 0.717) is 18.4 Å². The summed E-state index contributed by atoms with van der Waals surface area (Å²) in [5.41, 5.74) is 2.65. The molecular weight excluding hydrogens is 270 g/mol. The zero-order valence-electron chi connectivity index (χ0n) is 11.8. The topological polar surface area (TPSA) is 29.1 Å². The molecule has 108 valence electrons. The van der Waals surface area contributed by atoms with Crippen molar-refractivity contribution in [2.24, 2.45) is 0 Å². The van der Waals surface area contributed by atoms with Crippen LogP contribution >= 0.6 is 11.6 Å². The number of fused-ring (bicyclic) bond motifs is 1. The Labute approximate surface area is 125 Å². The van der Waals surface area contributed by atoms with Crippen molar-refractivity contribution in [3.63, 3.8) is 0 Å². The minimum Gasteiger partial charge on any atom is -0.353 e. The summed E-state index contributed by atoms with van der Waals surface area (Å²) in [6.07, 6.45) is 8.91. The highest BCUT2D eigenvalue weighted by Crippen LogP contribution is 2.37. The van der Waals surface area contributed by atoms with Gasteiger partial charge in [-0.05, 0) is 54.9 Å². The van der Waals surface area contributed by atoms with Crippen LogP contribution in [0.25, 0.3) is 0 Å². The lowest BCUT2D eigenvalue weighted by Crippen LogP contribution is -2.36. The van der Waals surface area contributed by atoms with Gasteiger partial charge in [0.15, 0.2) is 0 Å². The maximum atomic E-state index is 12.2. The van der Waals surface area contributed by atoms with Gasteiger partial charge in [-0.3, -0.25) is 4.79 Å². The predicted molar refractivity (Wildman–Crippen MR) is 82.1 cm³/mol. The first-order valence-corrected chi connectivity index (χ1v) is 8.18. The van der Waals surface area contributed by atoms with Crippen molar-refractivity contribution in [3.05, 3.63) is 34.3 Å². The molecule has 1 unspecified atom stereocenters. The van der Waals surface area contributed by atoms with E-state index < -0.39 is 0 Å². The Bertz CT molecular complexity index is 494. The molecule has 0 spiro atoms. The molecule has 2 aliphatic carbocycles. The van der Waals surface area contributed by atoms with Crippen LogP contribution in [-0.2, 0) is 11.2 Å². The van der Waals surface area contributed by atoms with Crippen LogP contribution in [-0.4, -0.2) is 11.9 Å². The number of aryl methyl sites for hydroxylation is 1. The van der Waals surface area contributed by atoms with Gasteiger partial charge in [0.05, 0.1) is 0 Å². The molecule has 1 aromatic carbocycles. The quantitative estimate of drug-likeness (QED) is 0.888. The molecule has 0 aromatic heterocycles. The van der Waals surface area contributed by atoms with Crippen LogP contribution < -0.4 is 5.32 Å². The van der Waals surface area contributed by atoms with E-state index in [9.17, 15) is 4.79 Å². The van der Waals surface area contributed by atoms with Crippen LogP contribution in [0.5, 0.6) is 0 Å². The number of carbonyl (C=O) groups excluding carboxylic acids is 1. The van der Waals surface area contributed by atoms with Gasteiger partial charge in [-0.2, -0.15) is 0 Å². The fourth-order valence-electron chi connectivity index (χ4n) is 3.63. The number of hydrogen-bond acceptors (Lipinski definition) is 1. The fraction of sp³-hybridized carbons (Fsp3) is 0.588. The average Bonchev–Trinajstić information content (AvgIpc) is 2.82. The molecule has 2 nitrogen and oxygen atoms in total. The van der Waals surface area contributed by atoms with Crippen molar-refractivity contribution in [2.45, 2.75) is 63.3 Å². The Kier molecular flexibility index (Phi) is 4.30. The van der Waals surface area contributed by atoms with E-state index in [2.05, 4.69) is 11.4 Å². The lowest BCUT2D eigenvalue weighted by Gasteiger charge is -2.23. The molecule has 3 rings (SSSR count). The summed E-state index contributed by atoms with van der Waals surface area (Å²) in [5, 5.41) is 4.00. The second-order valence-corrected chi connectivity index (χ2v) is 6.62. The first-order valence-electron chi connectivity index (χ1n) is 7.80. The van der Waals surface area contributed by atoms with Crippen LogP contribution in [0.15, 0.2) is 18.2 Å². The van der Waals surface area contributed by atoms with Crippen LogP contribution in [0.3, 0.4) is 0 Å². The summed E-state index contributed by atoms with van der Waals surface area (Å²) in [6.45, 7) is 0. The molecule has 20 heavy (non-hydrogen) atoms. The average molecular weight is 292 g/mol. The molecule has 1 fully saturated rings. The van der Waals surface area contributed by atoms with Crippen molar-refractivity contribution < 1.29 is 4.79 Å². The van der Waals surface area contributed by atoms with Gasteiger partial charge in [0.2, 0.25) is 5.91 Å².